The zero-order valence-corrected chi connectivity index (χ0v) is 12.3. The third kappa shape index (κ3) is 2.11. The minimum Gasteiger partial charge on any atom is -0.305 e. The maximum atomic E-state index is 12.5. The lowest BCUT2D eigenvalue weighted by atomic mass is 9.80. The quantitative estimate of drug-likeness (QED) is 0.858. The Morgan fingerprint density at radius 1 is 1.26 bits per heavy atom. The second-order valence-corrected chi connectivity index (χ2v) is 8.15. The van der Waals surface area contributed by atoms with Gasteiger partial charge in [0.05, 0.1) is 11.0 Å². The summed E-state index contributed by atoms with van der Waals surface area (Å²) in [6, 6.07) is 8.36. The van der Waals surface area contributed by atoms with Gasteiger partial charge in [-0.1, -0.05) is 38.1 Å². The minimum absolute atomic E-state index is 0.0175. The summed E-state index contributed by atoms with van der Waals surface area (Å²) in [4.78, 5) is 0. The van der Waals surface area contributed by atoms with Gasteiger partial charge < -0.3 is 5.32 Å². The summed E-state index contributed by atoms with van der Waals surface area (Å²) in [5, 5.41) is 3.31. The fourth-order valence-corrected chi connectivity index (χ4v) is 5.91. The van der Waals surface area contributed by atoms with Crippen molar-refractivity contribution in [1.29, 1.82) is 0 Å². The van der Waals surface area contributed by atoms with E-state index >= 15 is 0 Å². The summed E-state index contributed by atoms with van der Waals surface area (Å²) in [6.07, 6.45) is 1.60. The van der Waals surface area contributed by atoms with Crippen LogP contribution in [0.3, 0.4) is 0 Å². The Morgan fingerprint density at radius 3 is 2.63 bits per heavy atom. The monoisotopic (exact) mass is 279 g/mol. The van der Waals surface area contributed by atoms with Crippen molar-refractivity contribution >= 4 is 9.84 Å². The minimum atomic E-state index is -2.98. The molecule has 1 aromatic rings. The average molecular weight is 279 g/mol. The van der Waals surface area contributed by atoms with Crippen LogP contribution < -0.4 is 5.32 Å². The van der Waals surface area contributed by atoms with Crippen LogP contribution in [0.5, 0.6) is 0 Å². The molecular weight excluding hydrogens is 258 g/mol. The van der Waals surface area contributed by atoms with Crippen molar-refractivity contribution in [2.24, 2.45) is 0 Å². The Kier molecular flexibility index (Phi) is 3.18. The van der Waals surface area contributed by atoms with Gasteiger partial charge in [-0.05, 0) is 29.9 Å². The number of hydrogen-bond acceptors (Lipinski definition) is 3. The predicted octanol–water partition coefficient (Wildman–Crippen LogP) is 2.40. The highest BCUT2D eigenvalue weighted by Gasteiger charge is 2.45. The lowest BCUT2D eigenvalue weighted by molar-refractivity contribution is 0.359. The van der Waals surface area contributed by atoms with E-state index in [1.54, 1.807) is 0 Å². The van der Waals surface area contributed by atoms with Gasteiger partial charge in [0, 0.05) is 12.1 Å². The molecule has 0 bridgehead atoms. The van der Waals surface area contributed by atoms with E-state index in [-0.39, 0.29) is 17.3 Å². The van der Waals surface area contributed by atoms with Crippen LogP contribution in [-0.2, 0) is 9.84 Å². The van der Waals surface area contributed by atoms with E-state index in [0.29, 0.717) is 11.7 Å². The van der Waals surface area contributed by atoms with Gasteiger partial charge in [0.1, 0.15) is 0 Å². The van der Waals surface area contributed by atoms with Gasteiger partial charge >= 0.3 is 0 Å². The molecule has 1 aliphatic carbocycles. The largest absolute Gasteiger partial charge is 0.305 e. The first kappa shape index (κ1) is 13.1. The molecule has 3 rings (SSSR count). The van der Waals surface area contributed by atoms with Crippen LogP contribution in [0.1, 0.15) is 49.8 Å². The maximum absolute atomic E-state index is 12.5. The average Bonchev–Trinajstić information content (AvgIpc) is 2.40. The number of hydrogen-bond donors (Lipinski definition) is 1. The molecule has 1 heterocycles. The Hall–Kier alpha value is -0.870. The molecule has 0 saturated carbocycles. The molecule has 104 valence electrons. The van der Waals surface area contributed by atoms with Gasteiger partial charge in [0.15, 0.2) is 9.84 Å². The number of sulfone groups is 1. The molecule has 0 amide bonds. The zero-order valence-electron chi connectivity index (χ0n) is 11.5. The molecular formula is C15H21NO2S. The molecule has 1 aliphatic heterocycles. The van der Waals surface area contributed by atoms with Crippen LogP contribution in [0.2, 0.25) is 0 Å². The van der Waals surface area contributed by atoms with Gasteiger partial charge in [0.2, 0.25) is 0 Å². The smallest absolute Gasteiger partial charge is 0.156 e. The summed E-state index contributed by atoms with van der Waals surface area (Å²) >= 11 is 0. The van der Waals surface area contributed by atoms with Crippen molar-refractivity contribution in [3.63, 3.8) is 0 Å². The first-order valence-electron chi connectivity index (χ1n) is 7.09. The van der Waals surface area contributed by atoms with Crippen LogP contribution in [0.4, 0.5) is 0 Å². The number of fused-ring (bicyclic) bond motifs is 3. The molecule has 0 radical (unpaired) electrons. The van der Waals surface area contributed by atoms with Crippen LogP contribution in [0, 0.1) is 0 Å². The Balaban J connectivity index is 2.08. The maximum Gasteiger partial charge on any atom is 0.156 e. The summed E-state index contributed by atoms with van der Waals surface area (Å²) in [5.41, 5.74) is 2.50. The highest BCUT2D eigenvalue weighted by molar-refractivity contribution is 7.92. The Bertz CT molecular complexity index is 582. The second kappa shape index (κ2) is 4.60. The van der Waals surface area contributed by atoms with Gasteiger partial charge in [-0.2, -0.15) is 0 Å². The lowest BCUT2D eigenvalue weighted by Gasteiger charge is -2.42. The topological polar surface area (TPSA) is 46.2 Å². The molecule has 1 fully saturated rings. The number of nitrogens with one attached hydrogen (secondary N) is 1. The zero-order chi connectivity index (χ0) is 13.6. The number of benzene rings is 1. The van der Waals surface area contributed by atoms with Crippen molar-refractivity contribution in [2.75, 3.05) is 5.75 Å². The molecule has 4 atom stereocenters. The van der Waals surface area contributed by atoms with Crippen LogP contribution >= 0.6 is 0 Å². The van der Waals surface area contributed by atoms with Gasteiger partial charge in [0.25, 0.3) is 0 Å². The normalized spacial score (nSPS) is 36.3. The van der Waals surface area contributed by atoms with E-state index in [0.717, 1.165) is 12.8 Å². The second-order valence-electron chi connectivity index (χ2n) is 5.88. The molecule has 19 heavy (non-hydrogen) atoms. The van der Waals surface area contributed by atoms with E-state index in [1.807, 2.05) is 19.1 Å². The third-order valence-corrected chi connectivity index (χ3v) is 6.88. The molecule has 1 saturated heterocycles. The van der Waals surface area contributed by atoms with Crippen molar-refractivity contribution in [1.82, 2.24) is 5.32 Å². The highest BCUT2D eigenvalue weighted by atomic mass is 32.2. The van der Waals surface area contributed by atoms with E-state index in [4.69, 9.17) is 0 Å². The lowest BCUT2D eigenvalue weighted by Crippen LogP contribution is -2.54. The third-order valence-electron chi connectivity index (χ3n) is 4.62. The standard InChI is InChI=1S/C15H21NO2S/c1-3-11-9-19(17,18)14-8-10(2)12-6-4-5-7-13(12)15(14)16-11/h4-7,10-11,14-16H,3,8-9H2,1-2H3. The molecule has 4 unspecified atom stereocenters. The van der Waals surface area contributed by atoms with E-state index < -0.39 is 9.84 Å². The van der Waals surface area contributed by atoms with Crippen molar-refractivity contribution in [2.45, 2.75) is 49.9 Å². The molecule has 4 heteroatoms. The first-order chi connectivity index (χ1) is 9.03. The van der Waals surface area contributed by atoms with Crippen LogP contribution in [-0.4, -0.2) is 25.5 Å². The molecule has 3 nitrogen and oxygen atoms in total. The molecule has 1 aromatic carbocycles. The highest BCUT2D eigenvalue weighted by Crippen LogP contribution is 2.42. The summed E-state index contributed by atoms with van der Waals surface area (Å²) in [6.45, 7) is 4.18. The van der Waals surface area contributed by atoms with Crippen LogP contribution in [0.15, 0.2) is 24.3 Å². The Labute approximate surface area is 115 Å². The molecule has 1 N–H and O–H groups in total. The van der Waals surface area contributed by atoms with E-state index in [2.05, 4.69) is 24.4 Å². The van der Waals surface area contributed by atoms with E-state index in [9.17, 15) is 8.42 Å². The summed E-state index contributed by atoms with van der Waals surface area (Å²) in [5.74, 6) is 0.617. The molecule has 2 aliphatic rings. The predicted molar refractivity (Wildman–Crippen MR) is 77.0 cm³/mol. The number of rotatable bonds is 1. The van der Waals surface area contributed by atoms with Crippen molar-refractivity contribution < 1.29 is 8.42 Å². The molecule has 0 aromatic heterocycles. The SMILES string of the molecule is CCC1CS(=O)(=O)C2CC(C)c3ccccc3C2N1. The van der Waals surface area contributed by atoms with Crippen LogP contribution in [0.25, 0.3) is 0 Å². The summed E-state index contributed by atoms with van der Waals surface area (Å²) in [7, 11) is -2.98. The van der Waals surface area contributed by atoms with Gasteiger partial charge in [-0.25, -0.2) is 8.42 Å². The molecule has 0 spiro atoms. The Morgan fingerprint density at radius 2 is 1.95 bits per heavy atom. The first-order valence-corrected chi connectivity index (χ1v) is 8.81. The fraction of sp³-hybridized carbons (Fsp3) is 0.600. The van der Waals surface area contributed by atoms with Crippen molar-refractivity contribution in [3.8, 4) is 0 Å². The van der Waals surface area contributed by atoms with Crippen molar-refractivity contribution in [3.05, 3.63) is 35.4 Å². The van der Waals surface area contributed by atoms with E-state index in [1.165, 1.54) is 11.1 Å². The fourth-order valence-electron chi connectivity index (χ4n) is 3.55. The summed E-state index contributed by atoms with van der Waals surface area (Å²) < 4.78 is 25.0. The van der Waals surface area contributed by atoms with Gasteiger partial charge in [-0.3, -0.25) is 0 Å². The van der Waals surface area contributed by atoms with Gasteiger partial charge in [-0.15, -0.1) is 0 Å².